The zero-order valence-corrected chi connectivity index (χ0v) is 40.2. The zero-order chi connectivity index (χ0) is 47.9. The van der Waals surface area contributed by atoms with Gasteiger partial charge in [-0.2, -0.15) is 0 Å². The number of nitrogens with zero attached hydrogens (tertiary/aromatic N) is 3. The van der Waals surface area contributed by atoms with Gasteiger partial charge >= 0.3 is 5.97 Å². The Morgan fingerprint density at radius 1 is 0.953 bits per heavy atom. The fourth-order valence-electron chi connectivity index (χ4n) is 8.57. The van der Waals surface area contributed by atoms with E-state index >= 15 is 0 Å². The van der Waals surface area contributed by atoms with Crippen molar-refractivity contribution in [2.75, 3.05) is 34.4 Å². The molecular formula is C47H72N6O10S. The first kappa shape index (κ1) is 53.6. The van der Waals surface area contributed by atoms with E-state index < -0.39 is 53.7 Å². The minimum Gasteiger partial charge on any atom is -0.480 e. The summed E-state index contributed by atoms with van der Waals surface area (Å²) in [5.74, 6) is -4.02. The van der Waals surface area contributed by atoms with E-state index in [9.17, 15) is 38.7 Å². The van der Waals surface area contributed by atoms with Crippen LogP contribution in [0.25, 0.3) is 0 Å². The van der Waals surface area contributed by atoms with E-state index in [1.165, 1.54) is 19.3 Å². The first-order valence-corrected chi connectivity index (χ1v) is 22.9. The van der Waals surface area contributed by atoms with Gasteiger partial charge < -0.3 is 40.3 Å². The summed E-state index contributed by atoms with van der Waals surface area (Å²) in [6.07, 6.45) is 5.27. The third-order valence-electron chi connectivity index (χ3n) is 12.6. The van der Waals surface area contributed by atoms with Crippen molar-refractivity contribution in [1.82, 2.24) is 30.7 Å². The predicted molar refractivity (Wildman–Crippen MR) is 247 cm³/mol. The van der Waals surface area contributed by atoms with Crippen LogP contribution in [0.1, 0.15) is 105 Å². The number of hydrogen-bond acceptors (Lipinski definition) is 10. The van der Waals surface area contributed by atoms with Gasteiger partial charge in [0, 0.05) is 65.3 Å². The number of carbonyl (C=O) groups excluding carboxylic acids is 6. The lowest BCUT2D eigenvalue weighted by Gasteiger charge is -2.41. The number of unbranched alkanes of at least 4 members (excludes halogenated alkanes) is 2. The molecule has 1 aromatic carbocycles. The fraction of sp³-hybridized carbons (Fsp3) is 0.660. The van der Waals surface area contributed by atoms with Crippen LogP contribution in [-0.2, 0) is 49.5 Å². The van der Waals surface area contributed by atoms with Crippen molar-refractivity contribution in [3.63, 3.8) is 0 Å². The van der Waals surface area contributed by atoms with Gasteiger partial charge in [0.1, 0.15) is 17.6 Å². The Hall–Kier alpha value is -4.74. The van der Waals surface area contributed by atoms with E-state index in [0.29, 0.717) is 43.6 Å². The molecule has 0 aromatic heterocycles. The second-order valence-corrected chi connectivity index (χ2v) is 18.5. The molecule has 64 heavy (non-hydrogen) atoms. The quantitative estimate of drug-likeness (QED) is 0.0591. The summed E-state index contributed by atoms with van der Waals surface area (Å²) in [5.41, 5.74) is -0.503. The molecule has 3 rings (SSSR count). The third kappa shape index (κ3) is 14.6. The normalized spacial score (nSPS) is 18.5. The number of likely N-dealkylation sites (tertiary alicyclic amines) is 1. The number of carbonyl (C=O) groups is 7. The van der Waals surface area contributed by atoms with Crippen LogP contribution in [0.15, 0.2) is 42.5 Å². The van der Waals surface area contributed by atoms with Crippen LogP contribution >= 0.6 is 12.2 Å². The minimum atomic E-state index is -1.36. The fourth-order valence-corrected chi connectivity index (χ4v) is 8.84. The molecule has 0 aliphatic carbocycles. The molecule has 0 saturated carbocycles. The van der Waals surface area contributed by atoms with Crippen molar-refractivity contribution in [3.8, 4) is 0 Å². The molecule has 1 aromatic rings. The molecule has 1 saturated heterocycles. The van der Waals surface area contributed by atoms with E-state index in [1.54, 1.807) is 37.8 Å². The molecule has 17 heteroatoms. The number of thiocarbonyl (C=S) groups is 1. The maximum atomic E-state index is 14.4. The van der Waals surface area contributed by atoms with Crippen molar-refractivity contribution in [2.24, 2.45) is 17.8 Å². The summed E-state index contributed by atoms with van der Waals surface area (Å²) >= 11 is 5.76. The SMILES string of the molecule is CC[C@H](C)[C@@H]([C@@H](CC(=O)N1CCC[C@H]1[C@H](OC)[C@@H](C)C(=S)N[C@@H](Cc1ccccc1)C(=O)O)OC)N(C)C(=O)[C@@H](NC(=O)C(C)(C)NC(=O)CCCCCN1C(=O)C=CC1=O)C(C)C. The summed E-state index contributed by atoms with van der Waals surface area (Å²) in [5, 5.41) is 18.7. The summed E-state index contributed by atoms with van der Waals surface area (Å²) in [7, 11) is 4.74. The standard InChI is InChI=1S/C47H72N6O10S/c1-11-30(4)41(51(8)44(58)40(29(2)3)49-46(61)47(6,7)50-36(54)22-16-13-17-25-53-37(55)23-24-38(53)56)35(62-9)28-39(57)52-26-18-21-34(52)42(63-10)31(5)43(64)48-33(45(59)60)27-32-19-14-12-15-20-32/h12,14-15,19-20,23-24,29-31,33-35,40-42H,11,13,16-18,21-22,25-28H2,1-10H3,(H,48,64)(H,49,61)(H,50,54)(H,59,60)/t30-,31+,33-,34-,35+,40-,41-,42+/m0/s1. The molecule has 6 amide bonds. The van der Waals surface area contributed by atoms with Crippen LogP contribution in [0.3, 0.4) is 0 Å². The first-order chi connectivity index (χ1) is 30.2. The van der Waals surface area contributed by atoms with Gasteiger partial charge in [0.15, 0.2) is 0 Å². The topological polar surface area (TPSA) is 204 Å². The van der Waals surface area contributed by atoms with E-state index in [1.807, 2.05) is 65.0 Å². The molecule has 2 aliphatic rings. The monoisotopic (exact) mass is 913 g/mol. The van der Waals surface area contributed by atoms with Crippen LogP contribution in [0.4, 0.5) is 0 Å². The van der Waals surface area contributed by atoms with E-state index in [0.717, 1.165) is 16.9 Å². The number of amides is 6. The molecule has 356 valence electrons. The van der Waals surface area contributed by atoms with Gasteiger partial charge in [0.25, 0.3) is 11.8 Å². The largest absolute Gasteiger partial charge is 0.480 e. The molecule has 0 radical (unpaired) electrons. The highest BCUT2D eigenvalue weighted by molar-refractivity contribution is 7.80. The lowest BCUT2D eigenvalue weighted by molar-refractivity contribution is -0.147. The van der Waals surface area contributed by atoms with Crippen LogP contribution < -0.4 is 16.0 Å². The summed E-state index contributed by atoms with van der Waals surface area (Å²) in [6, 6.07) is 6.49. The number of ether oxygens (including phenoxy) is 2. The van der Waals surface area contributed by atoms with Crippen molar-refractivity contribution in [1.29, 1.82) is 0 Å². The number of carboxylic acids is 1. The number of rotatable bonds is 26. The van der Waals surface area contributed by atoms with E-state index in [-0.39, 0.29) is 73.2 Å². The Balaban J connectivity index is 1.67. The Bertz CT molecular complexity index is 1810. The molecule has 2 heterocycles. The second-order valence-electron chi connectivity index (χ2n) is 18.0. The lowest BCUT2D eigenvalue weighted by Crippen LogP contribution is -2.62. The van der Waals surface area contributed by atoms with E-state index in [4.69, 9.17) is 21.7 Å². The average molecular weight is 913 g/mol. The number of methoxy groups -OCH3 is 2. The minimum absolute atomic E-state index is 0.0330. The molecule has 0 spiro atoms. The molecule has 4 N–H and O–H groups in total. The van der Waals surface area contributed by atoms with Gasteiger partial charge in [0.05, 0.1) is 35.7 Å². The Kier molecular flexibility index (Phi) is 21.0. The zero-order valence-electron chi connectivity index (χ0n) is 39.4. The highest BCUT2D eigenvalue weighted by Crippen LogP contribution is 2.30. The van der Waals surface area contributed by atoms with Gasteiger partial charge in [-0.1, -0.05) is 90.0 Å². The third-order valence-corrected chi connectivity index (χ3v) is 13.1. The van der Waals surface area contributed by atoms with Crippen LogP contribution in [0.2, 0.25) is 0 Å². The molecule has 2 aliphatic heterocycles. The molecular weight excluding hydrogens is 841 g/mol. The molecule has 1 fully saturated rings. The van der Waals surface area contributed by atoms with Gasteiger partial charge in [0.2, 0.25) is 23.6 Å². The van der Waals surface area contributed by atoms with Crippen molar-refractivity contribution >= 4 is 58.6 Å². The van der Waals surface area contributed by atoms with Gasteiger partial charge in [-0.25, -0.2) is 4.79 Å². The van der Waals surface area contributed by atoms with Gasteiger partial charge in [-0.3, -0.25) is 33.7 Å². The summed E-state index contributed by atoms with van der Waals surface area (Å²) in [6.45, 7) is 13.4. The number of imide groups is 1. The smallest absolute Gasteiger partial charge is 0.326 e. The Labute approximate surface area is 384 Å². The van der Waals surface area contributed by atoms with Crippen molar-refractivity contribution in [2.45, 2.75) is 148 Å². The molecule has 8 atom stereocenters. The highest BCUT2D eigenvalue weighted by atomic mass is 32.1. The lowest BCUT2D eigenvalue weighted by atomic mass is 9.89. The second kappa shape index (κ2) is 25.1. The van der Waals surface area contributed by atoms with Gasteiger partial charge in [-0.05, 0) is 56.9 Å². The van der Waals surface area contributed by atoms with Crippen LogP contribution in [-0.4, -0.2) is 142 Å². The molecule has 0 unspecified atom stereocenters. The maximum absolute atomic E-state index is 14.4. The highest BCUT2D eigenvalue weighted by Gasteiger charge is 2.43. The average Bonchev–Trinajstić information content (AvgIpc) is 3.87. The van der Waals surface area contributed by atoms with Gasteiger partial charge in [-0.15, -0.1) is 0 Å². The molecule has 0 bridgehead atoms. The number of nitrogens with one attached hydrogen (secondary N) is 3. The van der Waals surface area contributed by atoms with Crippen LogP contribution in [0.5, 0.6) is 0 Å². The maximum Gasteiger partial charge on any atom is 0.326 e. The number of hydrogen-bond donors (Lipinski definition) is 4. The van der Waals surface area contributed by atoms with E-state index in [2.05, 4.69) is 16.0 Å². The predicted octanol–water partition coefficient (Wildman–Crippen LogP) is 4.04. The Morgan fingerprint density at radius 3 is 2.16 bits per heavy atom. The molecule has 16 nitrogen and oxygen atoms in total. The summed E-state index contributed by atoms with van der Waals surface area (Å²) in [4.78, 5) is 96.0. The summed E-state index contributed by atoms with van der Waals surface area (Å²) < 4.78 is 12.0. The number of carboxylic acid groups (broad SMARTS) is 1. The number of likely N-dealkylation sites (N-methyl/N-ethyl adjacent to an activating group) is 1. The number of benzene rings is 1. The first-order valence-electron chi connectivity index (χ1n) is 22.5. The number of aliphatic carboxylic acids is 1. The van der Waals surface area contributed by atoms with Crippen molar-refractivity contribution in [3.05, 3.63) is 48.0 Å². The van der Waals surface area contributed by atoms with Crippen molar-refractivity contribution < 1.29 is 48.1 Å². The Morgan fingerprint density at radius 2 is 1.59 bits per heavy atom. The van der Waals surface area contributed by atoms with Crippen LogP contribution in [0, 0.1) is 17.8 Å².